The van der Waals surface area contributed by atoms with E-state index in [2.05, 4.69) is 15.2 Å². The van der Waals surface area contributed by atoms with Crippen molar-refractivity contribution in [1.82, 2.24) is 10.2 Å². The van der Waals surface area contributed by atoms with Crippen LogP contribution in [0.4, 0.5) is 0 Å². The molecule has 100 valence electrons. The summed E-state index contributed by atoms with van der Waals surface area (Å²) >= 11 is 5.91. The zero-order chi connectivity index (χ0) is 12.3. The van der Waals surface area contributed by atoms with Crippen LogP contribution in [-0.2, 0) is 6.54 Å². The van der Waals surface area contributed by atoms with Gasteiger partial charge >= 0.3 is 0 Å². The lowest BCUT2D eigenvalue weighted by Crippen LogP contribution is -2.35. The fourth-order valence-electron chi connectivity index (χ4n) is 1.76. The molecule has 0 saturated heterocycles. The molecule has 2 rings (SSSR count). The van der Waals surface area contributed by atoms with Crippen LogP contribution in [0.1, 0.15) is 5.56 Å². The van der Waals surface area contributed by atoms with E-state index in [4.69, 9.17) is 16.3 Å². The lowest BCUT2D eigenvalue weighted by atomic mass is 10.2. The van der Waals surface area contributed by atoms with Crippen molar-refractivity contribution < 1.29 is 4.74 Å². The first-order valence-electron chi connectivity index (χ1n) is 5.52. The Balaban J connectivity index is 0.00000162. The fourth-order valence-corrected chi connectivity index (χ4v) is 1.92. The van der Waals surface area contributed by atoms with Crippen molar-refractivity contribution in [3.05, 3.63) is 28.8 Å². The topological polar surface area (TPSA) is 36.9 Å². The van der Waals surface area contributed by atoms with E-state index in [-0.39, 0.29) is 24.0 Å². The van der Waals surface area contributed by atoms with Crippen LogP contribution >= 0.6 is 35.6 Å². The number of nitrogens with zero attached hydrogens (tertiary/aromatic N) is 2. The second-order valence-electron chi connectivity index (χ2n) is 3.94. The first-order chi connectivity index (χ1) is 8.20. The molecule has 4 nitrogen and oxygen atoms in total. The highest BCUT2D eigenvalue weighted by Crippen LogP contribution is 2.22. The number of hydrogen-bond acceptors (Lipinski definition) is 4. The molecule has 1 heterocycles. The van der Waals surface area contributed by atoms with Gasteiger partial charge in [-0.15, -0.1) is 24.0 Å². The maximum atomic E-state index is 5.91. The molecular weight excluding hydrogens is 365 g/mol. The summed E-state index contributed by atoms with van der Waals surface area (Å²) in [4.78, 5) is 6.47. The number of methoxy groups -OCH3 is 1. The van der Waals surface area contributed by atoms with Crippen LogP contribution in [0, 0.1) is 0 Å². The molecule has 0 fully saturated rings. The number of halogens is 2. The van der Waals surface area contributed by atoms with E-state index in [1.807, 2.05) is 25.2 Å². The molecule has 0 aromatic heterocycles. The average Bonchev–Trinajstić information content (AvgIpc) is 2.73. The van der Waals surface area contributed by atoms with Gasteiger partial charge in [-0.05, 0) is 12.1 Å². The molecule has 0 amide bonds. The minimum atomic E-state index is 0. The van der Waals surface area contributed by atoms with Crippen LogP contribution in [-0.4, -0.2) is 38.1 Å². The molecular formula is C12H17ClIN3O. The molecule has 0 saturated carbocycles. The van der Waals surface area contributed by atoms with Crippen LogP contribution in [0.15, 0.2) is 23.2 Å². The van der Waals surface area contributed by atoms with Gasteiger partial charge in [-0.25, -0.2) is 0 Å². The number of nitrogens with one attached hydrogen (secondary N) is 1. The molecule has 1 aliphatic rings. The largest absolute Gasteiger partial charge is 0.496 e. The summed E-state index contributed by atoms with van der Waals surface area (Å²) in [6.07, 6.45) is 0. The summed E-state index contributed by atoms with van der Waals surface area (Å²) in [5.41, 5.74) is 1.07. The lowest BCUT2D eigenvalue weighted by Gasteiger charge is -2.16. The highest BCUT2D eigenvalue weighted by atomic mass is 127. The molecule has 0 atom stereocenters. The smallest absolute Gasteiger partial charge is 0.194 e. The Morgan fingerprint density at radius 2 is 2.28 bits per heavy atom. The van der Waals surface area contributed by atoms with Gasteiger partial charge in [-0.2, -0.15) is 0 Å². The van der Waals surface area contributed by atoms with Crippen LogP contribution in [0.25, 0.3) is 0 Å². The second kappa shape index (κ2) is 7.04. The van der Waals surface area contributed by atoms with Crippen LogP contribution in [0.2, 0.25) is 5.02 Å². The van der Waals surface area contributed by atoms with Gasteiger partial charge in [0.1, 0.15) is 5.75 Å². The third kappa shape index (κ3) is 3.65. The SMILES string of the molecule is COc1cc(Cl)ccc1CNC1=NCCN1C.I. The van der Waals surface area contributed by atoms with Crippen LogP contribution in [0.5, 0.6) is 5.75 Å². The van der Waals surface area contributed by atoms with Gasteiger partial charge in [-0.1, -0.05) is 17.7 Å². The zero-order valence-electron chi connectivity index (χ0n) is 10.4. The van der Waals surface area contributed by atoms with Gasteiger partial charge in [0.05, 0.1) is 13.7 Å². The summed E-state index contributed by atoms with van der Waals surface area (Å²) in [5, 5.41) is 3.98. The predicted octanol–water partition coefficient (Wildman–Crippen LogP) is 2.36. The number of likely N-dealkylation sites (N-methyl/N-ethyl adjacent to an activating group) is 1. The van der Waals surface area contributed by atoms with Crippen molar-refractivity contribution >= 4 is 41.5 Å². The van der Waals surface area contributed by atoms with Gasteiger partial charge in [0.25, 0.3) is 0 Å². The molecule has 1 aliphatic heterocycles. The number of guanidine groups is 1. The third-order valence-corrected chi connectivity index (χ3v) is 2.98. The van der Waals surface area contributed by atoms with Crippen molar-refractivity contribution in [3.63, 3.8) is 0 Å². The molecule has 1 aromatic rings. The van der Waals surface area contributed by atoms with Gasteiger partial charge < -0.3 is 15.0 Å². The first kappa shape index (κ1) is 15.4. The van der Waals surface area contributed by atoms with E-state index >= 15 is 0 Å². The fraction of sp³-hybridized carbons (Fsp3) is 0.417. The summed E-state index contributed by atoms with van der Waals surface area (Å²) in [7, 11) is 3.67. The Kier molecular flexibility index (Phi) is 6.01. The molecule has 0 spiro atoms. The quantitative estimate of drug-likeness (QED) is 0.817. The summed E-state index contributed by atoms with van der Waals surface area (Å²) in [6.45, 7) is 2.51. The maximum Gasteiger partial charge on any atom is 0.194 e. The highest BCUT2D eigenvalue weighted by molar-refractivity contribution is 14.0. The Morgan fingerprint density at radius 3 is 2.89 bits per heavy atom. The van der Waals surface area contributed by atoms with Crippen molar-refractivity contribution in [2.24, 2.45) is 4.99 Å². The van der Waals surface area contributed by atoms with E-state index in [0.717, 1.165) is 30.4 Å². The third-order valence-electron chi connectivity index (χ3n) is 2.74. The Hall–Kier alpha value is -0.690. The van der Waals surface area contributed by atoms with Crippen molar-refractivity contribution in [1.29, 1.82) is 0 Å². The number of rotatable bonds is 3. The van der Waals surface area contributed by atoms with E-state index in [1.54, 1.807) is 7.11 Å². The predicted molar refractivity (Wildman–Crippen MR) is 85.2 cm³/mol. The van der Waals surface area contributed by atoms with Crippen molar-refractivity contribution in [3.8, 4) is 5.75 Å². The van der Waals surface area contributed by atoms with Crippen LogP contribution in [0.3, 0.4) is 0 Å². The summed E-state index contributed by atoms with van der Waals surface area (Å²) in [6, 6.07) is 5.64. The normalized spacial score (nSPS) is 13.9. The summed E-state index contributed by atoms with van der Waals surface area (Å²) < 4.78 is 5.29. The molecule has 1 aromatic carbocycles. The van der Waals surface area contributed by atoms with E-state index in [1.165, 1.54) is 0 Å². The second-order valence-corrected chi connectivity index (χ2v) is 4.37. The Morgan fingerprint density at radius 1 is 1.50 bits per heavy atom. The first-order valence-corrected chi connectivity index (χ1v) is 5.90. The van der Waals surface area contributed by atoms with E-state index in [0.29, 0.717) is 11.6 Å². The monoisotopic (exact) mass is 381 g/mol. The molecule has 0 aliphatic carbocycles. The van der Waals surface area contributed by atoms with Gasteiger partial charge in [0.15, 0.2) is 5.96 Å². The van der Waals surface area contributed by atoms with Crippen LogP contribution < -0.4 is 10.1 Å². The van der Waals surface area contributed by atoms with Crippen molar-refractivity contribution in [2.45, 2.75) is 6.54 Å². The van der Waals surface area contributed by atoms with Crippen molar-refractivity contribution in [2.75, 3.05) is 27.2 Å². The molecule has 0 unspecified atom stereocenters. The van der Waals surface area contributed by atoms with E-state index in [9.17, 15) is 0 Å². The van der Waals surface area contributed by atoms with E-state index < -0.39 is 0 Å². The molecule has 0 radical (unpaired) electrons. The number of hydrogen-bond donors (Lipinski definition) is 1. The van der Waals surface area contributed by atoms with Gasteiger partial charge in [0.2, 0.25) is 0 Å². The molecule has 6 heteroatoms. The molecule has 18 heavy (non-hydrogen) atoms. The summed E-state index contributed by atoms with van der Waals surface area (Å²) in [5.74, 6) is 1.73. The Labute approximate surface area is 129 Å². The zero-order valence-corrected chi connectivity index (χ0v) is 13.5. The highest BCUT2D eigenvalue weighted by Gasteiger charge is 2.12. The number of aliphatic imine (C=N–C) groups is 1. The van der Waals surface area contributed by atoms with Gasteiger partial charge in [-0.3, -0.25) is 4.99 Å². The molecule has 1 N–H and O–H groups in total. The number of benzene rings is 1. The molecule has 0 bridgehead atoms. The Bertz CT molecular complexity index is 439. The number of ether oxygens (including phenoxy) is 1. The average molecular weight is 382 g/mol. The lowest BCUT2D eigenvalue weighted by molar-refractivity contribution is 0.408. The maximum absolute atomic E-state index is 5.91. The van der Waals surface area contributed by atoms with Gasteiger partial charge in [0, 0.05) is 30.7 Å². The minimum Gasteiger partial charge on any atom is -0.496 e. The minimum absolute atomic E-state index is 0. The standard InChI is InChI=1S/C12H16ClN3O.HI/c1-16-6-5-14-12(16)15-8-9-3-4-10(13)7-11(9)17-2;/h3-4,7H,5-6,8H2,1-2H3,(H,14,15);1H.